The van der Waals surface area contributed by atoms with E-state index in [1.165, 1.54) is 6.07 Å². The van der Waals surface area contributed by atoms with Crippen LogP contribution in [0.2, 0.25) is 0 Å². The highest BCUT2D eigenvalue weighted by Crippen LogP contribution is 2.05. The average Bonchev–Trinajstić information content (AvgIpc) is 2.16. The van der Waals surface area contributed by atoms with Crippen LogP contribution in [0, 0.1) is 6.07 Å². The lowest BCUT2D eigenvalue weighted by Crippen LogP contribution is -2.24. The molecule has 1 rings (SSSR count). The van der Waals surface area contributed by atoms with Gasteiger partial charge in [0.25, 0.3) is 0 Å². The molecule has 0 saturated carbocycles. The summed E-state index contributed by atoms with van der Waals surface area (Å²) in [4.78, 5) is 0.198. The van der Waals surface area contributed by atoms with E-state index in [2.05, 4.69) is 10.8 Å². The minimum absolute atomic E-state index is 0.198. The van der Waals surface area contributed by atoms with E-state index < -0.39 is 10.0 Å². The minimum Gasteiger partial charge on any atom is -0.211 e. The number of sulfonamides is 1. The lowest BCUT2D eigenvalue weighted by molar-refractivity contribution is 0.580. The SMILES string of the molecule is CCCNS(=O)(=O)c1[c]cccc1. The highest BCUT2D eigenvalue weighted by molar-refractivity contribution is 7.89. The molecule has 0 unspecified atom stereocenters. The van der Waals surface area contributed by atoms with Crippen LogP contribution in [-0.4, -0.2) is 15.0 Å². The Kier molecular flexibility index (Phi) is 3.45. The summed E-state index contributed by atoms with van der Waals surface area (Å²) in [5.74, 6) is 0. The molecule has 0 aromatic heterocycles. The zero-order valence-electron chi connectivity index (χ0n) is 7.45. The summed E-state index contributed by atoms with van der Waals surface area (Å²) in [7, 11) is -3.33. The average molecular weight is 198 g/mol. The molecular weight excluding hydrogens is 186 g/mol. The van der Waals surface area contributed by atoms with Gasteiger partial charge in [-0.05, 0) is 12.5 Å². The maximum Gasteiger partial charge on any atom is 0.241 e. The van der Waals surface area contributed by atoms with Gasteiger partial charge in [-0.2, -0.15) is 0 Å². The molecule has 1 N–H and O–H groups in total. The Labute approximate surface area is 78.8 Å². The number of benzene rings is 1. The number of hydrogen-bond acceptors (Lipinski definition) is 2. The quantitative estimate of drug-likeness (QED) is 0.789. The Morgan fingerprint density at radius 3 is 2.77 bits per heavy atom. The van der Waals surface area contributed by atoms with E-state index >= 15 is 0 Å². The summed E-state index contributed by atoms with van der Waals surface area (Å²) < 4.78 is 25.4. The van der Waals surface area contributed by atoms with E-state index in [-0.39, 0.29) is 4.90 Å². The fourth-order valence-electron chi connectivity index (χ4n) is 0.858. The van der Waals surface area contributed by atoms with Crippen molar-refractivity contribution in [3.63, 3.8) is 0 Å². The normalized spacial score (nSPS) is 11.5. The van der Waals surface area contributed by atoms with Gasteiger partial charge in [-0.15, -0.1) is 0 Å². The van der Waals surface area contributed by atoms with E-state index in [9.17, 15) is 8.42 Å². The molecule has 0 atom stereocenters. The van der Waals surface area contributed by atoms with E-state index in [4.69, 9.17) is 0 Å². The molecule has 0 bridgehead atoms. The zero-order valence-corrected chi connectivity index (χ0v) is 8.26. The topological polar surface area (TPSA) is 46.2 Å². The first-order valence-corrected chi connectivity index (χ1v) is 5.61. The molecule has 0 aliphatic heterocycles. The molecule has 1 aromatic carbocycles. The van der Waals surface area contributed by atoms with Gasteiger partial charge in [-0.1, -0.05) is 25.1 Å². The van der Waals surface area contributed by atoms with Gasteiger partial charge in [-0.3, -0.25) is 0 Å². The molecule has 0 spiro atoms. The van der Waals surface area contributed by atoms with Crippen molar-refractivity contribution in [3.05, 3.63) is 30.3 Å². The van der Waals surface area contributed by atoms with E-state index in [0.29, 0.717) is 6.54 Å². The van der Waals surface area contributed by atoms with Gasteiger partial charge in [0.15, 0.2) is 0 Å². The Bertz CT molecular complexity index is 345. The lowest BCUT2D eigenvalue weighted by Gasteiger charge is -2.03. The van der Waals surface area contributed by atoms with Crippen molar-refractivity contribution in [2.45, 2.75) is 18.2 Å². The second-order valence-corrected chi connectivity index (χ2v) is 4.36. The van der Waals surface area contributed by atoms with E-state index in [1.807, 2.05) is 6.92 Å². The Hall–Kier alpha value is -0.870. The van der Waals surface area contributed by atoms with Crippen molar-refractivity contribution in [3.8, 4) is 0 Å². The second-order valence-electron chi connectivity index (χ2n) is 2.62. The number of rotatable bonds is 4. The van der Waals surface area contributed by atoms with Crippen molar-refractivity contribution >= 4 is 10.0 Å². The van der Waals surface area contributed by atoms with Crippen LogP contribution in [-0.2, 0) is 10.0 Å². The van der Waals surface area contributed by atoms with Crippen molar-refractivity contribution in [2.75, 3.05) is 6.54 Å². The van der Waals surface area contributed by atoms with Gasteiger partial charge >= 0.3 is 0 Å². The van der Waals surface area contributed by atoms with Gasteiger partial charge < -0.3 is 0 Å². The maximum atomic E-state index is 11.4. The number of nitrogens with one attached hydrogen (secondary N) is 1. The van der Waals surface area contributed by atoms with Gasteiger partial charge in [0.2, 0.25) is 10.0 Å². The first-order valence-electron chi connectivity index (χ1n) is 4.13. The molecule has 0 amide bonds. The van der Waals surface area contributed by atoms with Gasteiger partial charge in [-0.25, -0.2) is 13.1 Å². The molecule has 0 aliphatic rings. The van der Waals surface area contributed by atoms with Crippen LogP contribution in [0.3, 0.4) is 0 Å². The van der Waals surface area contributed by atoms with Crippen LogP contribution in [0.15, 0.2) is 29.2 Å². The summed E-state index contributed by atoms with van der Waals surface area (Å²) in [5.41, 5.74) is 0. The zero-order chi connectivity index (χ0) is 9.73. The standard InChI is InChI=1S/C9H12NO2S/c1-2-8-10-13(11,12)9-6-4-3-5-7-9/h3-6,10H,2,8H2,1H3. The van der Waals surface area contributed by atoms with Crippen LogP contribution in [0.1, 0.15) is 13.3 Å². The van der Waals surface area contributed by atoms with Gasteiger partial charge in [0.05, 0.1) is 4.90 Å². The van der Waals surface area contributed by atoms with Crippen LogP contribution in [0.4, 0.5) is 0 Å². The predicted octanol–water partition coefficient (Wildman–Crippen LogP) is 1.18. The van der Waals surface area contributed by atoms with E-state index in [0.717, 1.165) is 6.42 Å². The van der Waals surface area contributed by atoms with Crippen LogP contribution in [0.25, 0.3) is 0 Å². The molecule has 4 heteroatoms. The Morgan fingerprint density at radius 2 is 2.23 bits per heavy atom. The molecule has 0 saturated heterocycles. The summed E-state index contributed by atoms with van der Waals surface area (Å²) >= 11 is 0. The van der Waals surface area contributed by atoms with Crippen LogP contribution >= 0.6 is 0 Å². The maximum absolute atomic E-state index is 11.4. The first kappa shape index (κ1) is 10.2. The lowest BCUT2D eigenvalue weighted by atomic mass is 10.4. The van der Waals surface area contributed by atoms with Crippen LogP contribution in [0.5, 0.6) is 0 Å². The summed E-state index contributed by atoms with van der Waals surface area (Å²) in [6.07, 6.45) is 0.784. The molecule has 1 radical (unpaired) electrons. The fraction of sp³-hybridized carbons (Fsp3) is 0.333. The highest BCUT2D eigenvalue weighted by atomic mass is 32.2. The predicted molar refractivity (Wildman–Crippen MR) is 50.8 cm³/mol. The molecule has 3 nitrogen and oxygen atoms in total. The largest absolute Gasteiger partial charge is 0.241 e. The first-order chi connectivity index (χ1) is 6.17. The Balaban J connectivity index is 2.83. The molecule has 71 valence electrons. The van der Waals surface area contributed by atoms with Crippen molar-refractivity contribution in [1.29, 1.82) is 0 Å². The summed E-state index contributed by atoms with van der Waals surface area (Å²) in [5, 5.41) is 0. The number of hydrogen-bond donors (Lipinski definition) is 1. The monoisotopic (exact) mass is 198 g/mol. The molecule has 0 aliphatic carbocycles. The van der Waals surface area contributed by atoms with Gasteiger partial charge in [0.1, 0.15) is 0 Å². The fourth-order valence-corrected chi connectivity index (χ4v) is 1.97. The molecule has 0 heterocycles. The van der Waals surface area contributed by atoms with Crippen molar-refractivity contribution in [1.82, 2.24) is 4.72 Å². The minimum atomic E-state index is -3.33. The summed E-state index contributed by atoms with van der Waals surface area (Å²) in [6.45, 7) is 2.38. The third kappa shape index (κ3) is 2.82. The molecule has 0 fully saturated rings. The third-order valence-corrected chi connectivity index (χ3v) is 2.93. The van der Waals surface area contributed by atoms with Gasteiger partial charge in [0, 0.05) is 12.6 Å². The third-order valence-electron chi connectivity index (χ3n) is 1.51. The highest BCUT2D eigenvalue weighted by Gasteiger charge is 2.11. The van der Waals surface area contributed by atoms with E-state index in [1.54, 1.807) is 18.2 Å². The smallest absolute Gasteiger partial charge is 0.211 e. The summed E-state index contributed by atoms with van der Waals surface area (Å²) in [6, 6.07) is 9.19. The molecule has 13 heavy (non-hydrogen) atoms. The van der Waals surface area contributed by atoms with Crippen LogP contribution < -0.4 is 4.72 Å². The van der Waals surface area contributed by atoms with Crippen molar-refractivity contribution < 1.29 is 8.42 Å². The molecule has 1 aromatic rings. The van der Waals surface area contributed by atoms with Crippen molar-refractivity contribution in [2.24, 2.45) is 0 Å². The molecular formula is C9H12NO2S. The Morgan fingerprint density at radius 1 is 1.46 bits per heavy atom. The second kappa shape index (κ2) is 4.39.